The van der Waals surface area contributed by atoms with Crippen LogP contribution in [0.3, 0.4) is 0 Å². The molecule has 1 aliphatic carbocycles. The Balaban J connectivity index is 1.70. The third-order valence-electron chi connectivity index (χ3n) is 5.41. The molecule has 0 bridgehead atoms. The normalized spacial score (nSPS) is 18.2. The second kappa shape index (κ2) is 9.15. The number of aromatic nitrogens is 2. The van der Waals surface area contributed by atoms with Crippen LogP contribution in [0.1, 0.15) is 86.8 Å². The van der Waals surface area contributed by atoms with Crippen LogP contribution in [0.15, 0.2) is 18.3 Å². The van der Waals surface area contributed by atoms with Gasteiger partial charge in [-0.15, -0.1) is 0 Å². The first-order valence-electron chi connectivity index (χ1n) is 10.1. The number of imidazole rings is 1. The van der Waals surface area contributed by atoms with Crippen LogP contribution in [-0.2, 0) is 0 Å². The van der Waals surface area contributed by atoms with Crippen LogP contribution in [0, 0.1) is 12.7 Å². The van der Waals surface area contributed by atoms with Gasteiger partial charge in [0.1, 0.15) is 17.2 Å². The number of nitrogens with zero attached hydrogens (tertiary/aromatic N) is 2. The van der Waals surface area contributed by atoms with Crippen molar-refractivity contribution in [1.82, 2.24) is 14.7 Å². The maximum Gasteiger partial charge on any atom is 0.270 e. The number of rotatable bonds is 2. The fourth-order valence-electron chi connectivity index (χ4n) is 3.97. The fraction of sp³-hybridized carbons (Fsp3) is 0.619. The highest BCUT2D eigenvalue weighted by Gasteiger charge is 2.20. The van der Waals surface area contributed by atoms with Crippen molar-refractivity contribution in [3.63, 3.8) is 0 Å². The van der Waals surface area contributed by atoms with Crippen molar-refractivity contribution >= 4 is 11.6 Å². The molecule has 142 valence electrons. The first-order chi connectivity index (χ1) is 12.6. The van der Waals surface area contributed by atoms with Gasteiger partial charge in [0.25, 0.3) is 5.91 Å². The van der Waals surface area contributed by atoms with Gasteiger partial charge in [0.15, 0.2) is 0 Å². The van der Waals surface area contributed by atoms with Crippen molar-refractivity contribution in [3.05, 3.63) is 35.5 Å². The van der Waals surface area contributed by atoms with E-state index in [2.05, 4.69) is 10.3 Å². The van der Waals surface area contributed by atoms with E-state index in [9.17, 15) is 9.18 Å². The van der Waals surface area contributed by atoms with Crippen molar-refractivity contribution in [3.8, 4) is 0 Å². The first-order valence-corrected chi connectivity index (χ1v) is 10.1. The van der Waals surface area contributed by atoms with Crippen molar-refractivity contribution < 1.29 is 9.18 Å². The highest BCUT2D eigenvalue weighted by atomic mass is 19.1. The molecule has 2 aromatic heterocycles. The Morgan fingerprint density at radius 3 is 2.23 bits per heavy atom. The average Bonchev–Trinajstić information content (AvgIpc) is 2.92. The Labute approximate surface area is 155 Å². The number of carbonyl (C=O) groups is 1. The van der Waals surface area contributed by atoms with E-state index in [0.717, 1.165) is 25.7 Å². The van der Waals surface area contributed by atoms with Crippen LogP contribution in [0.25, 0.3) is 5.65 Å². The van der Waals surface area contributed by atoms with E-state index in [0.29, 0.717) is 17.0 Å². The molecular formula is C21H30FN3O. The van der Waals surface area contributed by atoms with Gasteiger partial charge in [0.05, 0.1) is 5.69 Å². The molecule has 0 atom stereocenters. The van der Waals surface area contributed by atoms with Crippen LogP contribution in [0.4, 0.5) is 4.39 Å². The Hall–Kier alpha value is -1.91. The minimum Gasteiger partial charge on any atom is -0.348 e. The number of fused-ring (bicyclic) bond motifs is 1. The smallest absolute Gasteiger partial charge is 0.270 e. The molecule has 1 aliphatic rings. The number of amides is 1. The van der Waals surface area contributed by atoms with Crippen molar-refractivity contribution in [1.29, 1.82) is 0 Å². The van der Waals surface area contributed by atoms with Crippen molar-refractivity contribution in [2.24, 2.45) is 0 Å². The van der Waals surface area contributed by atoms with Crippen LogP contribution in [0.2, 0.25) is 0 Å². The lowest BCUT2D eigenvalue weighted by atomic mass is 9.98. The van der Waals surface area contributed by atoms with Crippen LogP contribution < -0.4 is 5.32 Å². The van der Waals surface area contributed by atoms with Gasteiger partial charge >= 0.3 is 0 Å². The summed E-state index contributed by atoms with van der Waals surface area (Å²) in [5.74, 6) is -0.507. The third-order valence-corrected chi connectivity index (χ3v) is 5.41. The summed E-state index contributed by atoms with van der Waals surface area (Å²) in [6.45, 7) is 1.81. The van der Waals surface area contributed by atoms with Gasteiger partial charge in [0.2, 0.25) is 0 Å². The molecule has 1 amide bonds. The lowest BCUT2D eigenvalue weighted by Gasteiger charge is -2.19. The summed E-state index contributed by atoms with van der Waals surface area (Å²) in [5.41, 5.74) is 1.69. The quantitative estimate of drug-likeness (QED) is 0.802. The van der Waals surface area contributed by atoms with E-state index in [1.165, 1.54) is 57.2 Å². The number of halogens is 1. The Bertz CT molecular complexity index is 728. The summed E-state index contributed by atoms with van der Waals surface area (Å²) in [7, 11) is 0. The number of carbonyl (C=O) groups excluding carboxylic acids is 1. The first kappa shape index (κ1) is 18.9. The van der Waals surface area contributed by atoms with Gasteiger partial charge in [-0.1, -0.05) is 57.8 Å². The molecule has 0 unspecified atom stereocenters. The zero-order valence-corrected chi connectivity index (χ0v) is 15.8. The number of nitrogens with one attached hydrogen (secondary N) is 1. The number of aryl methyl sites for hydroxylation is 1. The van der Waals surface area contributed by atoms with Crippen LogP contribution >= 0.6 is 0 Å². The van der Waals surface area contributed by atoms with Gasteiger partial charge in [-0.05, 0) is 31.9 Å². The summed E-state index contributed by atoms with van der Waals surface area (Å²) in [6.07, 6.45) is 14.8. The molecule has 0 saturated heterocycles. The van der Waals surface area contributed by atoms with Gasteiger partial charge in [-0.25, -0.2) is 9.37 Å². The van der Waals surface area contributed by atoms with Gasteiger partial charge < -0.3 is 5.32 Å². The number of hydrogen-bond acceptors (Lipinski definition) is 2. The Morgan fingerprint density at radius 1 is 1.04 bits per heavy atom. The topological polar surface area (TPSA) is 46.4 Å². The molecule has 0 spiro atoms. The lowest BCUT2D eigenvalue weighted by molar-refractivity contribution is 0.0924. The highest BCUT2D eigenvalue weighted by molar-refractivity contribution is 5.94. The predicted octanol–water partition coefficient (Wildman–Crippen LogP) is 5.18. The van der Waals surface area contributed by atoms with E-state index in [4.69, 9.17) is 0 Å². The summed E-state index contributed by atoms with van der Waals surface area (Å²) >= 11 is 0. The number of pyridine rings is 1. The van der Waals surface area contributed by atoms with E-state index in [1.807, 2.05) is 0 Å². The molecule has 2 aromatic rings. The maximum absolute atomic E-state index is 13.6. The molecule has 26 heavy (non-hydrogen) atoms. The minimum atomic E-state index is -0.366. The van der Waals surface area contributed by atoms with Crippen molar-refractivity contribution in [2.45, 2.75) is 83.6 Å². The second-order valence-corrected chi connectivity index (χ2v) is 7.55. The van der Waals surface area contributed by atoms with E-state index < -0.39 is 0 Å². The molecule has 1 saturated carbocycles. The van der Waals surface area contributed by atoms with E-state index >= 15 is 0 Å². The largest absolute Gasteiger partial charge is 0.348 e. The zero-order valence-electron chi connectivity index (χ0n) is 15.8. The Kier molecular flexibility index (Phi) is 6.64. The minimum absolute atomic E-state index is 0.141. The van der Waals surface area contributed by atoms with Crippen molar-refractivity contribution in [2.75, 3.05) is 0 Å². The molecule has 1 N–H and O–H groups in total. The predicted molar refractivity (Wildman–Crippen MR) is 102 cm³/mol. The molecule has 4 nitrogen and oxygen atoms in total. The maximum atomic E-state index is 13.6. The molecule has 5 heteroatoms. The summed E-state index contributed by atoms with van der Waals surface area (Å²) in [5, 5.41) is 3.20. The lowest BCUT2D eigenvalue weighted by Crippen LogP contribution is -2.36. The van der Waals surface area contributed by atoms with Crippen LogP contribution in [0.5, 0.6) is 0 Å². The summed E-state index contributed by atoms with van der Waals surface area (Å²) in [6, 6.07) is 3.17. The number of hydrogen-bond donors (Lipinski definition) is 1. The van der Waals surface area contributed by atoms with E-state index in [-0.39, 0.29) is 17.8 Å². The van der Waals surface area contributed by atoms with E-state index in [1.54, 1.807) is 17.4 Å². The molecule has 0 aromatic carbocycles. The molecular weight excluding hydrogens is 329 g/mol. The summed E-state index contributed by atoms with van der Waals surface area (Å²) in [4.78, 5) is 17.3. The van der Waals surface area contributed by atoms with Gasteiger partial charge in [0, 0.05) is 12.2 Å². The monoisotopic (exact) mass is 359 g/mol. The fourth-order valence-corrected chi connectivity index (χ4v) is 3.97. The standard InChI is InChI=1S/C21H30FN3O/c1-16-20(25-15-17(22)13-14-19(25)23-16)21(26)24-18-11-9-7-5-3-2-4-6-8-10-12-18/h13-15,18H,2-12H2,1H3,(H,24,26). The summed E-state index contributed by atoms with van der Waals surface area (Å²) < 4.78 is 15.2. The zero-order chi connectivity index (χ0) is 18.4. The third kappa shape index (κ3) is 4.83. The van der Waals surface area contributed by atoms with Gasteiger partial charge in [-0.3, -0.25) is 9.20 Å². The molecule has 2 heterocycles. The SMILES string of the molecule is Cc1nc2ccc(F)cn2c1C(=O)NC1CCCCCCCCCCC1. The average molecular weight is 359 g/mol. The Morgan fingerprint density at radius 2 is 1.62 bits per heavy atom. The van der Waals surface area contributed by atoms with Crippen LogP contribution in [-0.4, -0.2) is 21.3 Å². The second-order valence-electron chi connectivity index (χ2n) is 7.55. The highest BCUT2D eigenvalue weighted by Crippen LogP contribution is 2.18. The van der Waals surface area contributed by atoms with Gasteiger partial charge in [-0.2, -0.15) is 0 Å². The molecule has 0 radical (unpaired) electrons. The molecule has 1 fully saturated rings. The molecule has 3 rings (SSSR count). The molecule has 0 aliphatic heterocycles.